The van der Waals surface area contributed by atoms with Gasteiger partial charge in [-0.2, -0.15) is 0 Å². The number of nitrogens with one attached hydrogen (secondary N) is 2. The van der Waals surface area contributed by atoms with Crippen molar-refractivity contribution in [1.82, 2.24) is 5.32 Å². The summed E-state index contributed by atoms with van der Waals surface area (Å²) >= 11 is 5.96. The molecule has 0 heterocycles. The van der Waals surface area contributed by atoms with E-state index in [1.807, 2.05) is 6.92 Å². The standard InChI is InChI=1S/C14H17ClN2O3/c1-14(6-2-3-7-14)17-13(20)16-11-8-9(12(18)19)4-5-10(11)15/h4-5,8H,2-3,6-7H2,1H3,(H,18,19)(H2,16,17,20). The molecule has 6 heteroatoms. The molecule has 0 aromatic heterocycles. The Hall–Kier alpha value is -1.75. The number of carbonyl (C=O) groups excluding carboxylic acids is 1. The summed E-state index contributed by atoms with van der Waals surface area (Å²) < 4.78 is 0. The second-order valence-electron chi connectivity index (χ2n) is 5.35. The third-order valence-electron chi connectivity index (χ3n) is 3.58. The first kappa shape index (κ1) is 14.7. The Morgan fingerprint density at radius 1 is 1.30 bits per heavy atom. The Balaban J connectivity index is 2.07. The van der Waals surface area contributed by atoms with Crippen LogP contribution in [-0.2, 0) is 0 Å². The third kappa shape index (κ3) is 3.42. The molecule has 20 heavy (non-hydrogen) atoms. The lowest BCUT2D eigenvalue weighted by Gasteiger charge is -2.25. The van der Waals surface area contributed by atoms with E-state index in [2.05, 4.69) is 10.6 Å². The van der Waals surface area contributed by atoms with E-state index in [1.54, 1.807) is 0 Å². The van der Waals surface area contributed by atoms with E-state index in [-0.39, 0.29) is 17.1 Å². The van der Waals surface area contributed by atoms with Gasteiger partial charge in [-0.25, -0.2) is 9.59 Å². The van der Waals surface area contributed by atoms with Crippen molar-refractivity contribution in [2.45, 2.75) is 38.1 Å². The molecule has 108 valence electrons. The monoisotopic (exact) mass is 296 g/mol. The molecule has 0 spiro atoms. The summed E-state index contributed by atoms with van der Waals surface area (Å²) in [5.74, 6) is -1.06. The Morgan fingerprint density at radius 3 is 2.55 bits per heavy atom. The van der Waals surface area contributed by atoms with E-state index in [1.165, 1.54) is 18.2 Å². The fraction of sp³-hybridized carbons (Fsp3) is 0.429. The minimum atomic E-state index is -1.06. The van der Waals surface area contributed by atoms with Gasteiger partial charge in [0.1, 0.15) is 0 Å². The molecule has 0 atom stereocenters. The molecular weight excluding hydrogens is 280 g/mol. The number of hydrogen-bond donors (Lipinski definition) is 3. The quantitative estimate of drug-likeness (QED) is 0.799. The van der Waals surface area contributed by atoms with Gasteiger partial charge in [0, 0.05) is 5.54 Å². The zero-order valence-electron chi connectivity index (χ0n) is 11.2. The smallest absolute Gasteiger partial charge is 0.335 e. The maximum atomic E-state index is 12.0. The second-order valence-corrected chi connectivity index (χ2v) is 5.75. The van der Waals surface area contributed by atoms with Gasteiger partial charge in [-0.3, -0.25) is 0 Å². The van der Waals surface area contributed by atoms with Crippen LogP contribution in [0.4, 0.5) is 10.5 Å². The maximum absolute atomic E-state index is 12.0. The molecule has 1 saturated carbocycles. The van der Waals surface area contributed by atoms with E-state index in [4.69, 9.17) is 16.7 Å². The van der Waals surface area contributed by atoms with E-state index in [0.717, 1.165) is 25.7 Å². The van der Waals surface area contributed by atoms with Gasteiger partial charge in [0.25, 0.3) is 0 Å². The molecule has 2 amide bonds. The summed E-state index contributed by atoms with van der Waals surface area (Å²) in [6.07, 6.45) is 4.10. The highest BCUT2D eigenvalue weighted by atomic mass is 35.5. The number of carbonyl (C=O) groups is 2. The zero-order valence-corrected chi connectivity index (χ0v) is 12.0. The van der Waals surface area contributed by atoms with Gasteiger partial charge in [0.05, 0.1) is 16.3 Å². The lowest BCUT2D eigenvalue weighted by atomic mass is 10.0. The number of rotatable bonds is 3. The minimum absolute atomic E-state index is 0.0804. The first-order chi connectivity index (χ1) is 9.39. The molecule has 1 aromatic rings. The van der Waals surface area contributed by atoms with Crippen LogP contribution in [-0.4, -0.2) is 22.6 Å². The van der Waals surface area contributed by atoms with Gasteiger partial charge in [0.15, 0.2) is 0 Å². The summed E-state index contributed by atoms with van der Waals surface area (Å²) in [7, 11) is 0. The third-order valence-corrected chi connectivity index (χ3v) is 3.91. The topological polar surface area (TPSA) is 78.4 Å². The van der Waals surface area contributed by atoms with Crippen molar-refractivity contribution in [3.05, 3.63) is 28.8 Å². The predicted molar refractivity (Wildman–Crippen MR) is 77.4 cm³/mol. The van der Waals surface area contributed by atoms with E-state index < -0.39 is 5.97 Å². The van der Waals surface area contributed by atoms with Crippen LogP contribution in [0.2, 0.25) is 5.02 Å². The second kappa shape index (κ2) is 5.71. The lowest BCUT2D eigenvalue weighted by Crippen LogP contribution is -2.45. The molecule has 1 fully saturated rings. The molecule has 0 saturated heterocycles. The van der Waals surface area contributed by atoms with Crippen molar-refractivity contribution in [2.75, 3.05) is 5.32 Å². The molecule has 0 radical (unpaired) electrons. The largest absolute Gasteiger partial charge is 0.478 e. The Kier molecular flexibility index (Phi) is 4.18. The van der Waals surface area contributed by atoms with E-state index in [0.29, 0.717) is 10.7 Å². The Labute approximate surface area is 122 Å². The SMILES string of the molecule is CC1(NC(=O)Nc2cc(C(=O)O)ccc2Cl)CCCC1. The van der Waals surface area contributed by atoms with Gasteiger partial charge >= 0.3 is 12.0 Å². The van der Waals surface area contributed by atoms with Gasteiger partial charge in [-0.05, 0) is 38.0 Å². The lowest BCUT2D eigenvalue weighted by molar-refractivity contribution is 0.0697. The van der Waals surface area contributed by atoms with Crippen molar-refractivity contribution in [3.63, 3.8) is 0 Å². The number of urea groups is 1. The van der Waals surface area contributed by atoms with Crippen LogP contribution in [0.5, 0.6) is 0 Å². The fourth-order valence-corrected chi connectivity index (χ4v) is 2.63. The van der Waals surface area contributed by atoms with Crippen LogP contribution in [0.25, 0.3) is 0 Å². The normalized spacial score (nSPS) is 16.7. The van der Waals surface area contributed by atoms with E-state index in [9.17, 15) is 9.59 Å². The zero-order chi connectivity index (χ0) is 14.8. The van der Waals surface area contributed by atoms with Gasteiger partial charge in [0.2, 0.25) is 0 Å². The predicted octanol–water partition coefficient (Wildman–Crippen LogP) is 3.49. The van der Waals surface area contributed by atoms with Crippen LogP contribution in [0.1, 0.15) is 43.0 Å². The highest BCUT2D eigenvalue weighted by Crippen LogP contribution is 2.29. The van der Waals surface area contributed by atoms with Crippen LogP contribution in [0.3, 0.4) is 0 Å². The summed E-state index contributed by atoms with van der Waals surface area (Å²) in [4.78, 5) is 22.9. The summed E-state index contributed by atoms with van der Waals surface area (Å²) in [6.45, 7) is 2.01. The van der Waals surface area contributed by atoms with Crippen LogP contribution < -0.4 is 10.6 Å². The van der Waals surface area contributed by atoms with Gasteiger partial charge < -0.3 is 15.7 Å². The van der Waals surface area contributed by atoms with Crippen LogP contribution >= 0.6 is 11.6 Å². The molecule has 3 N–H and O–H groups in total. The molecule has 1 aromatic carbocycles. The van der Waals surface area contributed by atoms with Crippen molar-refractivity contribution in [2.24, 2.45) is 0 Å². The fourth-order valence-electron chi connectivity index (χ4n) is 2.46. The summed E-state index contributed by atoms with van der Waals surface area (Å²) in [6, 6.07) is 3.84. The van der Waals surface area contributed by atoms with Gasteiger partial charge in [-0.15, -0.1) is 0 Å². The first-order valence-corrected chi connectivity index (χ1v) is 6.89. The number of aromatic carboxylic acids is 1. The summed E-state index contributed by atoms with van der Waals surface area (Å²) in [5, 5.41) is 14.8. The number of carboxylic acid groups (broad SMARTS) is 1. The van der Waals surface area contributed by atoms with Gasteiger partial charge in [-0.1, -0.05) is 24.4 Å². The van der Waals surface area contributed by atoms with Crippen LogP contribution in [0.15, 0.2) is 18.2 Å². The molecule has 0 unspecified atom stereocenters. The van der Waals surface area contributed by atoms with Crippen molar-refractivity contribution in [1.29, 1.82) is 0 Å². The number of hydrogen-bond acceptors (Lipinski definition) is 2. The first-order valence-electron chi connectivity index (χ1n) is 6.52. The Morgan fingerprint density at radius 2 is 1.95 bits per heavy atom. The molecule has 5 nitrogen and oxygen atoms in total. The average molecular weight is 297 g/mol. The molecular formula is C14H17ClN2O3. The van der Waals surface area contributed by atoms with E-state index >= 15 is 0 Å². The number of benzene rings is 1. The molecule has 2 rings (SSSR count). The number of anilines is 1. The highest BCUT2D eigenvalue weighted by Gasteiger charge is 2.30. The minimum Gasteiger partial charge on any atom is -0.478 e. The molecule has 0 bridgehead atoms. The Bertz CT molecular complexity index is 539. The molecule has 1 aliphatic carbocycles. The maximum Gasteiger partial charge on any atom is 0.335 e. The highest BCUT2D eigenvalue weighted by molar-refractivity contribution is 6.33. The molecule has 1 aliphatic rings. The number of amides is 2. The number of carboxylic acids is 1. The average Bonchev–Trinajstić information content (AvgIpc) is 2.78. The van der Waals surface area contributed by atoms with Crippen molar-refractivity contribution in [3.8, 4) is 0 Å². The number of halogens is 1. The molecule has 0 aliphatic heterocycles. The van der Waals surface area contributed by atoms with Crippen molar-refractivity contribution >= 4 is 29.3 Å². The summed E-state index contributed by atoms with van der Waals surface area (Å²) in [5.41, 5.74) is 0.184. The van der Waals surface area contributed by atoms with Crippen LogP contribution in [0, 0.1) is 0 Å². The van der Waals surface area contributed by atoms with Crippen molar-refractivity contribution < 1.29 is 14.7 Å².